The summed E-state index contributed by atoms with van der Waals surface area (Å²) in [6.07, 6.45) is 0.585. The average molecular weight is 239 g/mol. The predicted octanol–water partition coefficient (Wildman–Crippen LogP) is 2.70. The number of oxazole rings is 1. The topological polar surface area (TPSA) is 64.9 Å². The maximum atomic E-state index is 5.90. The Balaban J connectivity index is 1.98. The minimum Gasteiger partial charge on any atom is -0.439 e. The zero-order valence-electron chi connectivity index (χ0n) is 10.1. The van der Waals surface area contributed by atoms with Gasteiger partial charge in [-0.25, -0.2) is 4.98 Å². The minimum atomic E-state index is 0.585. The summed E-state index contributed by atoms with van der Waals surface area (Å²) < 4.78 is 5.65. The van der Waals surface area contributed by atoms with Crippen molar-refractivity contribution in [2.45, 2.75) is 13.3 Å². The van der Waals surface area contributed by atoms with Crippen molar-refractivity contribution in [3.8, 4) is 0 Å². The molecule has 2 heterocycles. The summed E-state index contributed by atoms with van der Waals surface area (Å²) in [7, 11) is 0. The van der Waals surface area contributed by atoms with Gasteiger partial charge in [-0.3, -0.25) is 0 Å². The van der Waals surface area contributed by atoms with Crippen LogP contribution in [0.3, 0.4) is 0 Å². The summed E-state index contributed by atoms with van der Waals surface area (Å²) in [5.41, 5.74) is 9.97. The van der Waals surface area contributed by atoms with E-state index in [4.69, 9.17) is 10.2 Å². The molecule has 2 N–H and O–H groups in total. The summed E-state index contributed by atoms with van der Waals surface area (Å²) in [5.74, 6) is 0.640. The number of aryl methyl sites for hydroxylation is 1. The predicted molar refractivity (Wildman–Crippen MR) is 70.2 cm³/mol. The van der Waals surface area contributed by atoms with Gasteiger partial charge >= 0.3 is 0 Å². The number of nitrogens with two attached hydrogens (primary N) is 1. The molecule has 1 aromatic carbocycles. The van der Waals surface area contributed by atoms with Crippen LogP contribution in [-0.2, 0) is 6.42 Å². The van der Waals surface area contributed by atoms with E-state index in [1.54, 1.807) is 0 Å². The van der Waals surface area contributed by atoms with E-state index in [0.29, 0.717) is 23.5 Å². The highest BCUT2D eigenvalue weighted by molar-refractivity contribution is 5.67. The van der Waals surface area contributed by atoms with Crippen molar-refractivity contribution >= 4 is 16.9 Å². The normalized spacial score (nSPS) is 10.9. The Bertz CT molecular complexity index is 703. The van der Waals surface area contributed by atoms with Crippen LogP contribution in [0.2, 0.25) is 0 Å². The Kier molecular flexibility index (Phi) is 2.48. The molecular weight excluding hydrogens is 226 g/mol. The Labute approximate surface area is 104 Å². The second-order valence-electron chi connectivity index (χ2n) is 4.26. The lowest BCUT2D eigenvalue weighted by Crippen LogP contribution is -1.95. The lowest BCUT2D eigenvalue weighted by Gasteiger charge is -2.01. The Morgan fingerprint density at radius 3 is 2.78 bits per heavy atom. The fraction of sp³-hybridized carbons (Fsp3) is 0.143. The first-order chi connectivity index (χ1) is 8.72. The van der Waals surface area contributed by atoms with Crippen molar-refractivity contribution < 1.29 is 4.42 Å². The Morgan fingerprint density at radius 1 is 1.11 bits per heavy atom. The van der Waals surface area contributed by atoms with Gasteiger partial charge in [0.2, 0.25) is 5.89 Å². The fourth-order valence-corrected chi connectivity index (χ4v) is 1.89. The molecule has 0 aliphatic rings. The lowest BCUT2D eigenvalue weighted by atomic mass is 10.1. The minimum absolute atomic E-state index is 0.585. The van der Waals surface area contributed by atoms with Crippen LogP contribution in [0.25, 0.3) is 11.2 Å². The summed E-state index contributed by atoms with van der Waals surface area (Å²) in [6, 6.07) is 11.5. The van der Waals surface area contributed by atoms with Gasteiger partial charge in [-0.1, -0.05) is 18.2 Å². The molecule has 0 saturated heterocycles. The van der Waals surface area contributed by atoms with Gasteiger partial charge in [0.25, 0.3) is 0 Å². The molecule has 3 aromatic rings. The van der Waals surface area contributed by atoms with Crippen LogP contribution in [0.5, 0.6) is 0 Å². The van der Waals surface area contributed by atoms with Gasteiger partial charge in [0.1, 0.15) is 0 Å². The van der Waals surface area contributed by atoms with Gasteiger partial charge < -0.3 is 10.2 Å². The van der Waals surface area contributed by atoms with Crippen LogP contribution < -0.4 is 5.73 Å². The zero-order chi connectivity index (χ0) is 12.5. The highest BCUT2D eigenvalue weighted by Crippen LogP contribution is 2.19. The van der Waals surface area contributed by atoms with E-state index < -0.39 is 0 Å². The number of pyridine rings is 1. The molecule has 0 unspecified atom stereocenters. The molecule has 4 heteroatoms. The second kappa shape index (κ2) is 4.14. The largest absolute Gasteiger partial charge is 0.439 e. The van der Waals surface area contributed by atoms with Crippen LogP contribution in [0.15, 0.2) is 40.8 Å². The third-order valence-electron chi connectivity index (χ3n) is 2.83. The van der Waals surface area contributed by atoms with E-state index in [9.17, 15) is 0 Å². The molecule has 4 nitrogen and oxygen atoms in total. The van der Waals surface area contributed by atoms with Gasteiger partial charge in [-0.2, -0.15) is 4.98 Å². The fourth-order valence-electron chi connectivity index (χ4n) is 1.89. The third kappa shape index (κ3) is 1.93. The first-order valence-electron chi connectivity index (χ1n) is 5.79. The molecule has 0 saturated carbocycles. The monoisotopic (exact) mass is 239 g/mol. The number of nitrogens with zero attached hydrogens (tertiary/aromatic N) is 2. The summed E-state index contributed by atoms with van der Waals surface area (Å²) in [4.78, 5) is 8.70. The molecule has 0 aliphatic carbocycles. The van der Waals surface area contributed by atoms with Crippen molar-refractivity contribution in [3.05, 3.63) is 53.5 Å². The number of rotatable bonds is 2. The van der Waals surface area contributed by atoms with Gasteiger partial charge in [-0.15, -0.1) is 0 Å². The van der Waals surface area contributed by atoms with Gasteiger partial charge in [0.05, 0.1) is 6.42 Å². The van der Waals surface area contributed by atoms with E-state index in [1.165, 1.54) is 0 Å². The smallest absolute Gasteiger partial charge is 0.201 e. The van der Waals surface area contributed by atoms with Crippen molar-refractivity contribution in [1.29, 1.82) is 0 Å². The first kappa shape index (κ1) is 10.8. The van der Waals surface area contributed by atoms with E-state index in [0.717, 1.165) is 16.9 Å². The number of nitrogen functional groups attached to an aromatic ring is 1. The van der Waals surface area contributed by atoms with E-state index in [2.05, 4.69) is 9.97 Å². The lowest BCUT2D eigenvalue weighted by molar-refractivity contribution is 0.544. The van der Waals surface area contributed by atoms with Crippen molar-refractivity contribution in [1.82, 2.24) is 9.97 Å². The number of fused-ring (bicyclic) bond motifs is 1. The van der Waals surface area contributed by atoms with E-state index in [1.807, 2.05) is 43.3 Å². The summed E-state index contributed by atoms with van der Waals surface area (Å²) >= 11 is 0. The van der Waals surface area contributed by atoms with Gasteiger partial charge in [0.15, 0.2) is 11.2 Å². The van der Waals surface area contributed by atoms with Crippen molar-refractivity contribution in [3.63, 3.8) is 0 Å². The number of aromatic nitrogens is 2. The number of hydrogen-bond acceptors (Lipinski definition) is 4. The molecule has 2 aromatic heterocycles. The average Bonchev–Trinajstić information content (AvgIpc) is 2.73. The molecule has 0 aliphatic heterocycles. The Hall–Kier alpha value is -2.36. The molecule has 0 spiro atoms. The maximum Gasteiger partial charge on any atom is 0.201 e. The van der Waals surface area contributed by atoms with E-state index >= 15 is 0 Å². The SMILES string of the molecule is Cc1ccc2oc(Cc3ccccc3N)nc2n1. The molecule has 0 fully saturated rings. The van der Waals surface area contributed by atoms with Gasteiger partial charge in [-0.05, 0) is 30.7 Å². The standard InChI is InChI=1S/C14H13N3O/c1-9-6-7-12-14(16-9)17-13(18-12)8-10-4-2-3-5-11(10)15/h2-7H,8,15H2,1H3. The van der Waals surface area contributed by atoms with Crippen LogP contribution in [0.4, 0.5) is 5.69 Å². The number of benzene rings is 1. The quantitative estimate of drug-likeness (QED) is 0.698. The highest BCUT2D eigenvalue weighted by Gasteiger charge is 2.09. The molecule has 0 radical (unpaired) electrons. The van der Waals surface area contributed by atoms with Crippen molar-refractivity contribution in [2.24, 2.45) is 0 Å². The second-order valence-corrected chi connectivity index (χ2v) is 4.26. The molecule has 18 heavy (non-hydrogen) atoms. The number of para-hydroxylation sites is 1. The summed E-state index contributed by atoms with van der Waals surface area (Å²) in [6.45, 7) is 1.93. The number of hydrogen-bond donors (Lipinski definition) is 1. The maximum absolute atomic E-state index is 5.90. The van der Waals surface area contributed by atoms with Crippen LogP contribution in [-0.4, -0.2) is 9.97 Å². The first-order valence-corrected chi connectivity index (χ1v) is 5.79. The Morgan fingerprint density at radius 2 is 1.94 bits per heavy atom. The van der Waals surface area contributed by atoms with Gasteiger partial charge in [0, 0.05) is 11.4 Å². The molecule has 0 atom stereocenters. The third-order valence-corrected chi connectivity index (χ3v) is 2.83. The molecule has 3 rings (SSSR count). The molecular formula is C14H13N3O. The molecule has 0 bridgehead atoms. The van der Waals surface area contributed by atoms with Crippen LogP contribution >= 0.6 is 0 Å². The van der Waals surface area contributed by atoms with Crippen LogP contribution in [0, 0.1) is 6.92 Å². The zero-order valence-corrected chi connectivity index (χ0v) is 10.1. The van der Waals surface area contributed by atoms with Crippen molar-refractivity contribution in [2.75, 3.05) is 5.73 Å². The highest BCUT2D eigenvalue weighted by atomic mass is 16.3. The van der Waals surface area contributed by atoms with Crippen LogP contribution in [0.1, 0.15) is 17.1 Å². The number of anilines is 1. The molecule has 0 amide bonds. The van der Waals surface area contributed by atoms with E-state index in [-0.39, 0.29) is 0 Å². The molecule has 90 valence electrons. The summed E-state index contributed by atoms with van der Waals surface area (Å²) in [5, 5.41) is 0.